The van der Waals surface area contributed by atoms with Crippen LogP contribution < -0.4 is 10.1 Å². The quantitative estimate of drug-likeness (QED) is 0.400. The first-order valence-electron chi connectivity index (χ1n) is 11.2. The van der Waals surface area contributed by atoms with Gasteiger partial charge in [0, 0.05) is 38.7 Å². The van der Waals surface area contributed by atoms with E-state index in [0.29, 0.717) is 48.7 Å². The van der Waals surface area contributed by atoms with Crippen molar-refractivity contribution >= 4 is 17.7 Å². The average Bonchev–Trinajstić information content (AvgIpc) is 3.53. The Balaban J connectivity index is 1.45. The molecular weight excluding hydrogens is 448 g/mol. The number of benzene rings is 1. The predicted molar refractivity (Wildman–Crippen MR) is 128 cm³/mol. The Bertz CT molecular complexity index is 1330. The molecule has 180 valence electrons. The number of imidazole rings is 1. The minimum atomic E-state index is -0.158. The molecule has 0 radical (unpaired) electrons. The maximum atomic E-state index is 13.6. The van der Waals surface area contributed by atoms with Gasteiger partial charge in [-0.15, -0.1) is 0 Å². The van der Waals surface area contributed by atoms with Gasteiger partial charge in [-0.05, 0) is 30.2 Å². The lowest BCUT2D eigenvalue weighted by atomic mass is 10.1. The number of aromatic amines is 1. The molecule has 0 aliphatic carbocycles. The zero-order chi connectivity index (χ0) is 24.4. The Labute approximate surface area is 202 Å². The Hall–Kier alpha value is -4.25. The lowest BCUT2D eigenvalue weighted by molar-refractivity contribution is 0.0380. The van der Waals surface area contributed by atoms with Crippen LogP contribution in [0.25, 0.3) is 11.4 Å². The topological polar surface area (TPSA) is 123 Å². The first kappa shape index (κ1) is 22.5. The predicted octanol–water partition coefficient (Wildman–Crippen LogP) is 2.79. The smallest absolute Gasteiger partial charge is 0.290 e. The number of nitrogens with zero attached hydrogens (tertiary/aromatic N) is 6. The van der Waals surface area contributed by atoms with Crippen molar-refractivity contribution in [3.63, 3.8) is 0 Å². The molecule has 0 saturated carbocycles. The van der Waals surface area contributed by atoms with Crippen molar-refractivity contribution in [3.05, 3.63) is 65.9 Å². The molecule has 11 nitrogen and oxygen atoms in total. The number of amides is 1. The molecule has 5 rings (SSSR count). The number of H-pyrrole nitrogens is 1. The summed E-state index contributed by atoms with van der Waals surface area (Å²) < 4.78 is 12.7. The number of hydrogen-bond donors (Lipinski definition) is 2. The second kappa shape index (κ2) is 9.55. The van der Waals surface area contributed by atoms with E-state index in [0.717, 1.165) is 16.9 Å². The van der Waals surface area contributed by atoms with Crippen LogP contribution >= 0.6 is 0 Å². The minimum Gasteiger partial charge on any atom is -0.497 e. The van der Waals surface area contributed by atoms with E-state index in [1.807, 2.05) is 46.9 Å². The van der Waals surface area contributed by atoms with Gasteiger partial charge in [-0.3, -0.25) is 9.89 Å². The van der Waals surface area contributed by atoms with E-state index in [1.165, 1.54) is 0 Å². The number of ether oxygens (including phenoxy) is 2. The number of methoxy groups -OCH3 is 2. The molecule has 0 spiro atoms. The molecule has 3 aromatic heterocycles. The van der Waals surface area contributed by atoms with Gasteiger partial charge in [0.2, 0.25) is 5.95 Å². The fraction of sp³-hybridized carbons (Fsp3) is 0.292. The molecule has 1 amide bonds. The van der Waals surface area contributed by atoms with Crippen molar-refractivity contribution in [3.8, 4) is 17.1 Å². The summed E-state index contributed by atoms with van der Waals surface area (Å²) in [6.45, 7) is 3.32. The molecule has 1 aliphatic rings. The molecule has 11 heteroatoms. The number of aromatic nitrogens is 6. The van der Waals surface area contributed by atoms with Crippen LogP contribution in [0.1, 0.15) is 21.7 Å². The van der Waals surface area contributed by atoms with E-state index in [2.05, 4.69) is 30.5 Å². The summed E-state index contributed by atoms with van der Waals surface area (Å²) in [6.07, 6.45) is 5.23. The fourth-order valence-electron chi connectivity index (χ4n) is 4.17. The van der Waals surface area contributed by atoms with Crippen LogP contribution in [0.4, 0.5) is 11.8 Å². The van der Waals surface area contributed by atoms with Gasteiger partial charge in [-0.25, -0.2) is 15.0 Å². The maximum Gasteiger partial charge on any atom is 0.290 e. The number of hydrogen-bond acceptors (Lipinski definition) is 8. The van der Waals surface area contributed by atoms with Crippen LogP contribution in [0.5, 0.6) is 5.75 Å². The zero-order valence-electron chi connectivity index (χ0n) is 19.7. The van der Waals surface area contributed by atoms with Crippen molar-refractivity contribution in [1.29, 1.82) is 0 Å². The summed E-state index contributed by atoms with van der Waals surface area (Å²) in [5.74, 6) is 2.04. The van der Waals surface area contributed by atoms with Crippen LogP contribution in [-0.2, 0) is 17.8 Å². The summed E-state index contributed by atoms with van der Waals surface area (Å²) in [6, 6.07) is 9.35. The normalized spacial score (nSPS) is 15.2. The van der Waals surface area contributed by atoms with Gasteiger partial charge >= 0.3 is 0 Å². The van der Waals surface area contributed by atoms with Crippen molar-refractivity contribution in [2.24, 2.45) is 0 Å². The summed E-state index contributed by atoms with van der Waals surface area (Å²) >= 11 is 0. The molecule has 0 saturated heterocycles. The molecule has 4 heterocycles. The second-order valence-electron chi connectivity index (χ2n) is 8.32. The highest BCUT2D eigenvalue weighted by Gasteiger charge is 2.34. The molecule has 4 aromatic rings. The van der Waals surface area contributed by atoms with Crippen molar-refractivity contribution in [1.82, 2.24) is 34.6 Å². The number of carbonyl (C=O) groups excluding carboxylic acids is 1. The first-order valence-corrected chi connectivity index (χ1v) is 11.2. The molecule has 0 fully saturated rings. The van der Waals surface area contributed by atoms with Crippen LogP contribution in [-0.4, -0.2) is 67.4 Å². The number of fused-ring (bicyclic) bond motifs is 1. The molecule has 0 unspecified atom stereocenters. The fourth-order valence-corrected chi connectivity index (χ4v) is 4.17. The monoisotopic (exact) mass is 474 g/mol. The number of aryl methyl sites for hydroxylation is 1. The van der Waals surface area contributed by atoms with Gasteiger partial charge in [0.05, 0.1) is 31.6 Å². The molecule has 0 bridgehead atoms. The second-order valence-corrected chi connectivity index (χ2v) is 8.32. The first-order chi connectivity index (χ1) is 17.1. The molecule has 2 N–H and O–H groups in total. The van der Waals surface area contributed by atoms with Crippen LogP contribution in [0.3, 0.4) is 0 Å². The molecule has 1 aromatic carbocycles. The highest BCUT2D eigenvalue weighted by atomic mass is 16.5. The largest absolute Gasteiger partial charge is 0.497 e. The van der Waals surface area contributed by atoms with E-state index in [-0.39, 0.29) is 11.9 Å². The SMILES string of the molecule is COC[C@H]1Cn2cc(-c3nc(Nc4ccn[nH]4)ncc3C)nc2C(=O)N1Cc1cccc(OC)c1. The van der Waals surface area contributed by atoms with Gasteiger partial charge in [0.15, 0.2) is 5.82 Å². The average molecular weight is 475 g/mol. The molecule has 1 aliphatic heterocycles. The van der Waals surface area contributed by atoms with Crippen LogP contribution in [0.2, 0.25) is 0 Å². The van der Waals surface area contributed by atoms with E-state index >= 15 is 0 Å². The standard InChI is InChI=1S/C24H26N8O3/c1-15-10-25-24(28-20-7-8-26-30-20)29-21(15)19-13-31-12-17(14-34-2)32(23(33)22(31)27-19)11-16-5-4-6-18(9-16)35-3/h4-10,13,17H,11-12,14H2,1-3H3,(H2,25,26,28,29,30)/t17-/m1/s1. The summed E-state index contributed by atoms with van der Waals surface area (Å²) in [5, 5.41) is 9.83. The Morgan fingerprint density at radius 3 is 2.89 bits per heavy atom. The minimum absolute atomic E-state index is 0.141. The third-order valence-corrected chi connectivity index (χ3v) is 5.88. The van der Waals surface area contributed by atoms with Crippen molar-refractivity contribution < 1.29 is 14.3 Å². The Morgan fingerprint density at radius 2 is 2.11 bits per heavy atom. The van der Waals surface area contributed by atoms with Crippen molar-refractivity contribution in [2.75, 3.05) is 26.1 Å². The summed E-state index contributed by atoms with van der Waals surface area (Å²) in [7, 11) is 3.27. The Morgan fingerprint density at radius 1 is 1.23 bits per heavy atom. The van der Waals surface area contributed by atoms with E-state index in [9.17, 15) is 4.79 Å². The van der Waals surface area contributed by atoms with Gasteiger partial charge in [0.1, 0.15) is 17.3 Å². The lowest BCUT2D eigenvalue weighted by Gasteiger charge is -2.35. The third kappa shape index (κ3) is 4.58. The van der Waals surface area contributed by atoms with Crippen LogP contribution in [0.15, 0.2) is 48.9 Å². The van der Waals surface area contributed by atoms with Crippen LogP contribution in [0, 0.1) is 6.92 Å². The zero-order valence-corrected chi connectivity index (χ0v) is 19.7. The van der Waals surface area contributed by atoms with E-state index in [1.54, 1.807) is 32.7 Å². The van der Waals surface area contributed by atoms with E-state index in [4.69, 9.17) is 9.47 Å². The molecule has 1 atom stereocenters. The van der Waals surface area contributed by atoms with Gasteiger partial charge in [0.25, 0.3) is 5.91 Å². The van der Waals surface area contributed by atoms with E-state index < -0.39 is 0 Å². The van der Waals surface area contributed by atoms with Gasteiger partial charge in [-0.2, -0.15) is 5.10 Å². The maximum absolute atomic E-state index is 13.6. The highest BCUT2D eigenvalue weighted by Crippen LogP contribution is 2.27. The summed E-state index contributed by atoms with van der Waals surface area (Å²) in [4.78, 5) is 29.0. The Kier molecular flexibility index (Phi) is 6.15. The molecular formula is C24H26N8O3. The summed E-state index contributed by atoms with van der Waals surface area (Å²) in [5.41, 5.74) is 3.09. The molecule has 35 heavy (non-hydrogen) atoms. The number of nitrogens with one attached hydrogen (secondary N) is 2. The number of rotatable bonds is 8. The van der Waals surface area contributed by atoms with Gasteiger partial charge < -0.3 is 24.3 Å². The number of carbonyl (C=O) groups is 1. The van der Waals surface area contributed by atoms with Crippen molar-refractivity contribution in [2.45, 2.75) is 26.1 Å². The highest BCUT2D eigenvalue weighted by molar-refractivity contribution is 5.92. The lowest BCUT2D eigenvalue weighted by Crippen LogP contribution is -2.49. The number of anilines is 2. The third-order valence-electron chi connectivity index (χ3n) is 5.88. The van der Waals surface area contributed by atoms with Gasteiger partial charge in [-0.1, -0.05) is 12.1 Å².